The number of rotatable bonds is 2. The van der Waals surface area contributed by atoms with E-state index in [1.807, 2.05) is 48.5 Å². The molecule has 15 heavy (non-hydrogen) atoms. The van der Waals surface area contributed by atoms with Gasteiger partial charge in [0.25, 0.3) is 0 Å². The van der Waals surface area contributed by atoms with E-state index in [2.05, 4.69) is 19.6 Å². The molecule has 0 radical (unpaired) electrons. The molecule has 0 bridgehead atoms. The van der Waals surface area contributed by atoms with Gasteiger partial charge in [0.1, 0.15) is 11.5 Å². The van der Waals surface area contributed by atoms with Crippen molar-refractivity contribution in [3.05, 3.63) is 54.1 Å². The van der Waals surface area contributed by atoms with Gasteiger partial charge in [-0.1, -0.05) is 23.8 Å². The molecule has 76 valence electrons. The third-order valence-corrected chi connectivity index (χ3v) is 2.35. The van der Waals surface area contributed by atoms with E-state index in [9.17, 15) is 0 Å². The second-order valence-electron chi connectivity index (χ2n) is 3.41. The summed E-state index contributed by atoms with van der Waals surface area (Å²) in [6, 6.07) is 15.6. The maximum Gasteiger partial charge on any atom is 0.128 e. The molecule has 2 aromatic carbocycles. The lowest BCUT2D eigenvalue weighted by Crippen LogP contribution is -1.83. The van der Waals surface area contributed by atoms with Gasteiger partial charge in [0, 0.05) is 4.90 Å². The van der Waals surface area contributed by atoms with E-state index in [-0.39, 0.29) is 0 Å². The van der Waals surface area contributed by atoms with Crippen LogP contribution >= 0.6 is 12.6 Å². The first-order chi connectivity index (χ1) is 7.24. The van der Waals surface area contributed by atoms with Crippen molar-refractivity contribution in [2.45, 2.75) is 11.8 Å². The lowest BCUT2D eigenvalue weighted by atomic mass is 10.2. The fraction of sp³-hybridized carbons (Fsp3) is 0.0769. The Kier molecular flexibility index (Phi) is 2.97. The minimum atomic E-state index is 0.811. The molecule has 1 nitrogen and oxygen atoms in total. The predicted octanol–water partition coefficient (Wildman–Crippen LogP) is 4.08. The molecule has 2 aromatic rings. The Morgan fingerprint density at radius 3 is 2.33 bits per heavy atom. The molecule has 2 rings (SSSR count). The van der Waals surface area contributed by atoms with Gasteiger partial charge in [-0.25, -0.2) is 0 Å². The number of hydrogen-bond acceptors (Lipinski definition) is 2. The number of benzene rings is 2. The quantitative estimate of drug-likeness (QED) is 0.744. The van der Waals surface area contributed by atoms with Gasteiger partial charge in [0.2, 0.25) is 0 Å². The topological polar surface area (TPSA) is 9.23 Å². The molecule has 0 N–H and O–H groups in total. The molecule has 0 saturated heterocycles. The zero-order valence-electron chi connectivity index (χ0n) is 8.47. The van der Waals surface area contributed by atoms with Gasteiger partial charge in [-0.2, -0.15) is 0 Å². The van der Waals surface area contributed by atoms with Crippen LogP contribution in [0.3, 0.4) is 0 Å². The average molecular weight is 216 g/mol. The van der Waals surface area contributed by atoms with Crippen LogP contribution in [0.1, 0.15) is 5.56 Å². The van der Waals surface area contributed by atoms with E-state index < -0.39 is 0 Å². The summed E-state index contributed by atoms with van der Waals surface area (Å²) in [6.45, 7) is 2.05. The van der Waals surface area contributed by atoms with Crippen LogP contribution in [0.15, 0.2) is 53.4 Å². The Labute approximate surface area is 95.1 Å². The van der Waals surface area contributed by atoms with Crippen LogP contribution in [-0.4, -0.2) is 0 Å². The first-order valence-corrected chi connectivity index (χ1v) is 5.22. The van der Waals surface area contributed by atoms with Crippen molar-refractivity contribution in [1.29, 1.82) is 0 Å². The highest BCUT2D eigenvalue weighted by molar-refractivity contribution is 7.80. The molecule has 0 aromatic heterocycles. The van der Waals surface area contributed by atoms with E-state index in [4.69, 9.17) is 4.74 Å². The summed E-state index contributed by atoms with van der Waals surface area (Å²) in [5, 5.41) is 0. The number of aryl methyl sites for hydroxylation is 1. The summed E-state index contributed by atoms with van der Waals surface area (Å²) >= 11 is 4.26. The Bertz CT molecular complexity index is 448. The van der Waals surface area contributed by atoms with Crippen molar-refractivity contribution in [2.24, 2.45) is 0 Å². The number of ether oxygens (including phenoxy) is 1. The summed E-state index contributed by atoms with van der Waals surface area (Å²) in [5.74, 6) is 1.66. The van der Waals surface area contributed by atoms with Gasteiger partial charge in [0.05, 0.1) is 0 Å². The van der Waals surface area contributed by atoms with Crippen LogP contribution in [0.4, 0.5) is 0 Å². The molecule has 0 saturated carbocycles. The Morgan fingerprint density at radius 1 is 0.933 bits per heavy atom. The van der Waals surface area contributed by atoms with Gasteiger partial charge in [-0.05, 0) is 37.3 Å². The van der Waals surface area contributed by atoms with Crippen LogP contribution < -0.4 is 4.74 Å². The molecule has 0 unspecified atom stereocenters. The summed E-state index contributed by atoms with van der Waals surface area (Å²) in [6.07, 6.45) is 0. The second kappa shape index (κ2) is 4.41. The highest BCUT2D eigenvalue weighted by atomic mass is 32.1. The van der Waals surface area contributed by atoms with Crippen LogP contribution in [0.2, 0.25) is 0 Å². The first-order valence-electron chi connectivity index (χ1n) is 4.77. The van der Waals surface area contributed by atoms with Crippen molar-refractivity contribution >= 4 is 12.6 Å². The molecule has 0 heterocycles. The Hall–Kier alpha value is -1.41. The van der Waals surface area contributed by atoms with Crippen molar-refractivity contribution in [3.63, 3.8) is 0 Å². The molecule has 0 atom stereocenters. The predicted molar refractivity (Wildman–Crippen MR) is 64.9 cm³/mol. The minimum Gasteiger partial charge on any atom is -0.457 e. The van der Waals surface area contributed by atoms with E-state index in [0.717, 1.165) is 16.4 Å². The smallest absolute Gasteiger partial charge is 0.128 e. The summed E-state index contributed by atoms with van der Waals surface area (Å²) < 4.78 is 5.67. The molecule has 0 aliphatic rings. The maximum atomic E-state index is 5.67. The summed E-state index contributed by atoms with van der Waals surface area (Å²) in [5.41, 5.74) is 1.23. The third kappa shape index (κ3) is 2.77. The molecular weight excluding hydrogens is 204 g/mol. The molecule has 0 aliphatic heterocycles. The lowest BCUT2D eigenvalue weighted by Gasteiger charge is -2.05. The first kappa shape index (κ1) is 10.1. The van der Waals surface area contributed by atoms with E-state index >= 15 is 0 Å². The monoisotopic (exact) mass is 216 g/mol. The van der Waals surface area contributed by atoms with Crippen molar-refractivity contribution < 1.29 is 4.74 Å². The number of hydrogen-bond donors (Lipinski definition) is 1. The molecule has 0 aliphatic carbocycles. The molecule has 0 amide bonds. The van der Waals surface area contributed by atoms with Gasteiger partial charge in [-0.15, -0.1) is 12.6 Å². The van der Waals surface area contributed by atoms with Gasteiger partial charge in [0.15, 0.2) is 0 Å². The Balaban J connectivity index is 2.18. The fourth-order valence-electron chi connectivity index (χ4n) is 1.29. The van der Waals surface area contributed by atoms with Crippen molar-refractivity contribution in [2.75, 3.05) is 0 Å². The van der Waals surface area contributed by atoms with E-state index in [1.54, 1.807) is 0 Å². The number of thiol groups is 1. The standard InChI is InChI=1S/C13H12OS/c1-10-5-7-11(8-6-10)14-12-3-2-4-13(15)9-12/h2-9,15H,1H3. The van der Waals surface area contributed by atoms with Gasteiger partial charge < -0.3 is 4.74 Å². The van der Waals surface area contributed by atoms with Crippen LogP contribution in [0.5, 0.6) is 11.5 Å². The SMILES string of the molecule is Cc1ccc(Oc2cccc(S)c2)cc1. The molecule has 0 fully saturated rings. The fourth-order valence-corrected chi connectivity index (χ4v) is 1.50. The van der Waals surface area contributed by atoms with E-state index in [1.165, 1.54) is 5.56 Å². The third-order valence-electron chi connectivity index (χ3n) is 2.07. The van der Waals surface area contributed by atoms with Crippen molar-refractivity contribution in [3.8, 4) is 11.5 Å². The normalized spacial score (nSPS) is 10.0. The average Bonchev–Trinajstić information content (AvgIpc) is 2.22. The van der Waals surface area contributed by atoms with E-state index in [0.29, 0.717) is 0 Å². The zero-order valence-corrected chi connectivity index (χ0v) is 9.37. The second-order valence-corrected chi connectivity index (χ2v) is 3.93. The van der Waals surface area contributed by atoms with Gasteiger partial charge >= 0.3 is 0 Å². The molecular formula is C13H12OS. The van der Waals surface area contributed by atoms with Gasteiger partial charge in [-0.3, -0.25) is 0 Å². The highest BCUT2D eigenvalue weighted by Gasteiger charge is 1.96. The largest absolute Gasteiger partial charge is 0.457 e. The summed E-state index contributed by atoms with van der Waals surface area (Å²) in [4.78, 5) is 0.902. The molecule has 2 heteroatoms. The summed E-state index contributed by atoms with van der Waals surface area (Å²) in [7, 11) is 0. The van der Waals surface area contributed by atoms with Crippen LogP contribution in [-0.2, 0) is 0 Å². The maximum absolute atomic E-state index is 5.67. The zero-order chi connectivity index (χ0) is 10.7. The van der Waals surface area contributed by atoms with Crippen LogP contribution in [0, 0.1) is 6.92 Å². The minimum absolute atomic E-state index is 0.811. The van der Waals surface area contributed by atoms with Crippen LogP contribution in [0.25, 0.3) is 0 Å². The Morgan fingerprint density at radius 2 is 1.67 bits per heavy atom. The van der Waals surface area contributed by atoms with Crippen molar-refractivity contribution in [1.82, 2.24) is 0 Å². The lowest BCUT2D eigenvalue weighted by molar-refractivity contribution is 0.481. The highest BCUT2D eigenvalue weighted by Crippen LogP contribution is 2.23. The molecule has 0 spiro atoms.